The maximum absolute atomic E-state index is 12.2. The molecule has 0 radical (unpaired) electrons. The maximum Gasteiger partial charge on any atom is 0.321 e. The van der Waals surface area contributed by atoms with E-state index in [0.29, 0.717) is 17.5 Å². The van der Waals surface area contributed by atoms with E-state index in [0.717, 1.165) is 16.7 Å². The topological polar surface area (TPSA) is 99.8 Å². The molecule has 3 aromatic rings. The molecule has 0 aliphatic heterocycles. The molecule has 0 saturated carbocycles. The maximum atomic E-state index is 12.2. The van der Waals surface area contributed by atoms with E-state index in [1.807, 2.05) is 61.5 Å². The fourth-order valence-corrected chi connectivity index (χ4v) is 3.11. The molecule has 1 aromatic heterocycles. The Morgan fingerprint density at radius 3 is 2.54 bits per heavy atom. The van der Waals surface area contributed by atoms with Crippen molar-refractivity contribution in [2.45, 2.75) is 30.8 Å². The number of urea groups is 1. The number of rotatable bonds is 6. The summed E-state index contributed by atoms with van der Waals surface area (Å²) in [6.07, 6.45) is 0. The number of aromatic amines is 1. The van der Waals surface area contributed by atoms with Crippen molar-refractivity contribution < 1.29 is 9.59 Å². The summed E-state index contributed by atoms with van der Waals surface area (Å²) in [4.78, 5) is 28.5. The molecule has 0 aliphatic rings. The molecule has 0 saturated heterocycles. The van der Waals surface area contributed by atoms with Crippen LogP contribution in [-0.4, -0.2) is 32.4 Å². The fourth-order valence-electron chi connectivity index (χ4n) is 2.39. The Hall–Kier alpha value is -3.13. The van der Waals surface area contributed by atoms with Crippen LogP contribution in [0.15, 0.2) is 59.8 Å². The lowest BCUT2D eigenvalue weighted by Gasteiger charge is -2.10. The molecule has 3 amide bonds. The van der Waals surface area contributed by atoms with E-state index in [-0.39, 0.29) is 0 Å². The molecule has 144 valence electrons. The summed E-state index contributed by atoms with van der Waals surface area (Å²) in [5.41, 5.74) is 3.04. The van der Waals surface area contributed by atoms with E-state index in [9.17, 15) is 9.59 Å². The first-order chi connectivity index (χ1) is 13.5. The smallest absolute Gasteiger partial charge is 0.321 e. The predicted octanol–water partition coefficient (Wildman–Crippen LogP) is 3.29. The Labute approximate surface area is 167 Å². The Kier molecular flexibility index (Phi) is 6.44. The van der Waals surface area contributed by atoms with Crippen LogP contribution in [0.2, 0.25) is 0 Å². The van der Waals surface area contributed by atoms with Crippen molar-refractivity contribution in [3.8, 4) is 11.4 Å². The lowest BCUT2D eigenvalue weighted by atomic mass is 10.1. The second kappa shape index (κ2) is 9.18. The van der Waals surface area contributed by atoms with E-state index < -0.39 is 17.2 Å². The van der Waals surface area contributed by atoms with Gasteiger partial charge in [0, 0.05) is 12.1 Å². The highest BCUT2D eigenvalue weighted by Gasteiger charge is 2.19. The average molecular weight is 395 g/mol. The number of hydrogen-bond acceptors (Lipinski definition) is 5. The van der Waals surface area contributed by atoms with Crippen LogP contribution in [0, 0.1) is 6.92 Å². The van der Waals surface area contributed by atoms with Crippen LogP contribution in [0.4, 0.5) is 4.79 Å². The van der Waals surface area contributed by atoms with Gasteiger partial charge in [-0.15, -0.1) is 5.10 Å². The molecule has 0 fully saturated rings. The number of imide groups is 1. The lowest BCUT2D eigenvalue weighted by molar-refractivity contribution is -0.119. The summed E-state index contributed by atoms with van der Waals surface area (Å²) < 4.78 is 0. The van der Waals surface area contributed by atoms with E-state index in [2.05, 4.69) is 25.8 Å². The third-order valence-corrected chi connectivity index (χ3v) is 4.93. The standard InChI is InChI=1S/C20H21N5O2S/c1-13-8-10-16(11-9-13)17-22-20(25-24-17)28-14(2)18(26)23-19(27)21-12-15-6-4-3-5-7-15/h3-11,14H,12H2,1-2H3,(H,22,24,25)(H2,21,23,26,27)/t14-/m0/s1. The number of aryl methyl sites for hydroxylation is 1. The molecule has 2 aromatic carbocycles. The fraction of sp³-hybridized carbons (Fsp3) is 0.200. The van der Waals surface area contributed by atoms with Crippen molar-refractivity contribution in [2.75, 3.05) is 0 Å². The molecule has 0 spiro atoms. The van der Waals surface area contributed by atoms with E-state index in [4.69, 9.17) is 0 Å². The first-order valence-electron chi connectivity index (χ1n) is 8.80. The lowest BCUT2D eigenvalue weighted by Crippen LogP contribution is -2.42. The molecule has 3 rings (SSSR count). The van der Waals surface area contributed by atoms with E-state index in [1.165, 1.54) is 11.8 Å². The number of carbonyl (C=O) groups excluding carboxylic acids is 2. The Morgan fingerprint density at radius 1 is 1.11 bits per heavy atom. The number of amides is 3. The number of nitrogens with zero attached hydrogens (tertiary/aromatic N) is 2. The molecule has 3 N–H and O–H groups in total. The van der Waals surface area contributed by atoms with E-state index in [1.54, 1.807) is 6.92 Å². The van der Waals surface area contributed by atoms with Crippen LogP contribution in [-0.2, 0) is 11.3 Å². The minimum Gasteiger partial charge on any atom is -0.334 e. The zero-order chi connectivity index (χ0) is 19.9. The molecular formula is C20H21N5O2S. The highest BCUT2D eigenvalue weighted by molar-refractivity contribution is 8.00. The van der Waals surface area contributed by atoms with Crippen molar-refractivity contribution in [1.29, 1.82) is 0 Å². The molecule has 7 nitrogen and oxygen atoms in total. The molecule has 1 atom stereocenters. The number of hydrogen-bond donors (Lipinski definition) is 3. The minimum atomic E-state index is -0.531. The number of thioether (sulfide) groups is 1. The monoisotopic (exact) mass is 395 g/mol. The minimum absolute atomic E-state index is 0.350. The van der Waals surface area contributed by atoms with E-state index >= 15 is 0 Å². The molecule has 0 aliphatic carbocycles. The van der Waals surface area contributed by atoms with Gasteiger partial charge >= 0.3 is 6.03 Å². The van der Waals surface area contributed by atoms with Gasteiger partial charge in [0.2, 0.25) is 11.1 Å². The highest BCUT2D eigenvalue weighted by Crippen LogP contribution is 2.22. The number of carbonyl (C=O) groups is 2. The van der Waals surface area contributed by atoms with Gasteiger partial charge in [-0.2, -0.15) is 0 Å². The van der Waals surface area contributed by atoms with Crippen LogP contribution < -0.4 is 10.6 Å². The molecule has 1 heterocycles. The van der Waals surface area contributed by atoms with Crippen molar-refractivity contribution >= 4 is 23.7 Å². The van der Waals surface area contributed by atoms with Gasteiger partial charge in [0.05, 0.1) is 5.25 Å². The van der Waals surface area contributed by atoms with Gasteiger partial charge < -0.3 is 5.32 Å². The molecule has 28 heavy (non-hydrogen) atoms. The Morgan fingerprint density at radius 2 is 1.82 bits per heavy atom. The third-order valence-electron chi connectivity index (χ3n) is 3.97. The van der Waals surface area contributed by atoms with Crippen molar-refractivity contribution in [1.82, 2.24) is 25.8 Å². The summed E-state index contributed by atoms with van der Waals surface area (Å²) >= 11 is 1.18. The summed E-state index contributed by atoms with van der Waals surface area (Å²) in [5, 5.41) is 11.9. The first-order valence-corrected chi connectivity index (χ1v) is 9.68. The van der Waals surface area contributed by atoms with Gasteiger partial charge in [-0.3, -0.25) is 15.2 Å². The van der Waals surface area contributed by atoms with Gasteiger partial charge in [-0.25, -0.2) is 9.78 Å². The normalized spacial score (nSPS) is 11.6. The molecule has 0 bridgehead atoms. The molecular weight excluding hydrogens is 374 g/mol. The number of H-pyrrole nitrogens is 1. The molecule has 0 unspecified atom stereocenters. The zero-order valence-electron chi connectivity index (χ0n) is 15.6. The average Bonchev–Trinajstić information content (AvgIpc) is 3.16. The summed E-state index contributed by atoms with van der Waals surface area (Å²) in [7, 11) is 0. The SMILES string of the molecule is Cc1ccc(-c2nc(S[C@@H](C)C(=O)NC(=O)NCc3ccccc3)n[nH]2)cc1. The van der Waals surface area contributed by atoms with Crippen LogP contribution in [0.25, 0.3) is 11.4 Å². The van der Waals surface area contributed by atoms with Crippen LogP contribution in [0.1, 0.15) is 18.1 Å². The van der Waals surface area contributed by atoms with Crippen LogP contribution >= 0.6 is 11.8 Å². The Balaban J connectivity index is 1.50. The largest absolute Gasteiger partial charge is 0.334 e. The predicted molar refractivity (Wildman–Crippen MR) is 109 cm³/mol. The van der Waals surface area contributed by atoms with Gasteiger partial charge in [0.25, 0.3) is 0 Å². The first kappa shape index (κ1) is 19.6. The highest BCUT2D eigenvalue weighted by atomic mass is 32.2. The van der Waals surface area contributed by atoms with Crippen LogP contribution in [0.5, 0.6) is 0 Å². The number of benzene rings is 2. The summed E-state index contributed by atoms with van der Waals surface area (Å²) in [6.45, 7) is 4.07. The van der Waals surface area contributed by atoms with Crippen LogP contribution in [0.3, 0.4) is 0 Å². The summed E-state index contributed by atoms with van der Waals surface area (Å²) in [6, 6.07) is 16.8. The van der Waals surface area contributed by atoms with Gasteiger partial charge in [0.15, 0.2) is 5.82 Å². The van der Waals surface area contributed by atoms with Gasteiger partial charge in [0.1, 0.15) is 0 Å². The van der Waals surface area contributed by atoms with Crippen molar-refractivity contribution in [3.05, 3.63) is 65.7 Å². The van der Waals surface area contributed by atoms with Gasteiger partial charge in [-0.05, 0) is 19.4 Å². The summed E-state index contributed by atoms with van der Waals surface area (Å²) in [5.74, 6) is 0.230. The Bertz CT molecular complexity index is 941. The number of nitrogens with one attached hydrogen (secondary N) is 3. The second-order valence-electron chi connectivity index (χ2n) is 6.25. The molecule has 8 heteroatoms. The van der Waals surface area contributed by atoms with Crippen molar-refractivity contribution in [3.63, 3.8) is 0 Å². The second-order valence-corrected chi connectivity index (χ2v) is 7.56. The van der Waals surface area contributed by atoms with Gasteiger partial charge in [-0.1, -0.05) is 71.9 Å². The number of aromatic nitrogens is 3. The third kappa shape index (κ3) is 5.43. The quantitative estimate of drug-likeness (QED) is 0.556. The van der Waals surface area contributed by atoms with Crippen molar-refractivity contribution in [2.24, 2.45) is 0 Å². The zero-order valence-corrected chi connectivity index (χ0v) is 16.4.